The van der Waals surface area contributed by atoms with Crippen LogP contribution in [0.1, 0.15) is 32.6 Å². The third-order valence-corrected chi connectivity index (χ3v) is 2.32. The molecule has 0 spiro atoms. The SMILES string of the molecule is C=CO[C@@H](CCC)C1CCC(=O)N1. The van der Waals surface area contributed by atoms with Gasteiger partial charge in [0.15, 0.2) is 0 Å². The standard InChI is InChI=1S/C10H17NO2/c1-3-5-9(13-4-2)8-6-7-10(12)11-8/h4,8-9H,2-3,5-7H2,1H3,(H,11,12)/t8?,9-/m0/s1. The zero-order chi connectivity index (χ0) is 9.68. The van der Waals surface area contributed by atoms with E-state index in [0.717, 1.165) is 19.3 Å². The van der Waals surface area contributed by atoms with Crippen molar-refractivity contribution in [1.82, 2.24) is 5.32 Å². The summed E-state index contributed by atoms with van der Waals surface area (Å²) in [7, 11) is 0. The van der Waals surface area contributed by atoms with Gasteiger partial charge in [-0.15, -0.1) is 0 Å². The van der Waals surface area contributed by atoms with E-state index in [9.17, 15) is 4.79 Å². The Morgan fingerprint density at radius 2 is 2.62 bits per heavy atom. The van der Waals surface area contributed by atoms with Crippen molar-refractivity contribution in [2.75, 3.05) is 0 Å². The normalized spacial score (nSPS) is 23.8. The topological polar surface area (TPSA) is 38.3 Å². The summed E-state index contributed by atoms with van der Waals surface area (Å²) in [5.41, 5.74) is 0. The molecule has 1 saturated heterocycles. The van der Waals surface area contributed by atoms with E-state index in [1.165, 1.54) is 6.26 Å². The number of hydrogen-bond donors (Lipinski definition) is 1. The minimum atomic E-state index is 0.106. The van der Waals surface area contributed by atoms with Gasteiger partial charge in [0.05, 0.1) is 12.3 Å². The number of nitrogens with one attached hydrogen (secondary N) is 1. The fourth-order valence-electron chi connectivity index (χ4n) is 1.69. The monoisotopic (exact) mass is 183 g/mol. The predicted octanol–water partition coefficient (Wildman–Crippen LogP) is 1.59. The van der Waals surface area contributed by atoms with Gasteiger partial charge in [0.1, 0.15) is 6.10 Å². The summed E-state index contributed by atoms with van der Waals surface area (Å²) in [5, 5.41) is 2.91. The molecule has 13 heavy (non-hydrogen) atoms. The number of carbonyl (C=O) groups excluding carboxylic acids is 1. The number of rotatable bonds is 5. The summed E-state index contributed by atoms with van der Waals surface area (Å²) >= 11 is 0. The van der Waals surface area contributed by atoms with Crippen molar-refractivity contribution in [3.05, 3.63) is 12.8 Å². The second-order valence-electron chi connectivity index (χ2n) is 3.34. The van der Waals surface area contributed by atoms with E-state index >= 15 is 0 Å². The molecule has 0 bridgehead atoms. The van der Waals surface area contributed by atoms with Gasteiger partial charge in [0.25, 0.3) is 0 Å². The van der Waals surface area contributed by atoms with Crippen molar-refractivity contribution in [2.24, 2.45) is 0 Å². The van der Waals surface area contributed by atoms with Gasteiger partial charge >= 0.3 is 0 Å². The first-order valence-electron chi connectivity index (χ1n) is 4.83. The highest BCUT2D eigenvalue weighted by Gasteiger charge is 2.28. The van der Waals surface area contributed by atoms with Crippen LogP contribution in [-0.4, -0.2) is 18.1 Å². The first-order chi connectivity index (χ1) is 6.27. The molecule has 1 N–H and O–H groups in total. The summed E-state index contributed by atoms with van der Waals surface area (Å²) in [6, 6.07) is 0.186. The Labute approximate surface area is 79.2 Å². The fraction of sp³-hybridized carbons (Fsp3) is 0.700. The maximum absolute atomic E-state index is 11.0. The second kappa shape index (κ2) is 4.90. The zero-order valence-electron chi connectivity index (χ0n) is 8.08. The molecule has 1 unspecified atom stereocenters. The van der Waals surface area contributed by atoms with Gasteiger partial charge in [-0.05, 0) is 12.8 Å². The average Bonchev–Trinajstić information content (AvgIpc) is 2.51. The van der Waals surface area contributed by atoms with E-state index in [1.807, 2.05) is 0 Å². The molecular weight excluding hydrogens is 166 g/mol. The van der Waals surface area contributed by atoms with Crippen molar-refractivity contribution in [2.45, 2.75) is 44.8 Å². The highest BCUT2D eigenvalue weighted by Crippen LogP contribution is 2.17. The maximum atomic E-state index is 11.0. The molecule has 74 valence electrons. The molecule has 0 radical (unpaired) electrons. The van der Waals surface area contributed by atoms with Gasteiger partial charge in [0, 0.05) is 6.42 Å². The average molecular weight is 183 g/mol. The van der Waals surface area contributed by atoms with Crippen molar-refractivity contribution in [3.63, 3.8) is 0 Å². The van der Waals surface area contributed by atoms with Crippen molar-refractivity contribution in [3.8, 4) is 0 Å². The van der Waals surface area contributed by atoms with Crippen LogP contribution in [-0.2, 0) is 9.53 Å². The largest absolute Gasteiger partial charge is 0.497 e. The van der Waals surface area contributed by atoms with Crippen molar-refractivity contribution >= 4 is 5.91 Å². The molecule has 1 amide bonds. The lowest BCUT2D eigenvalue weighted by atomic mass is 10.1. The smallest absolute Gasteiger partial charge is 0.220 e. The van der Waals surface area contributed by atoms with Crippen molar-refractivity contribution in [1.29, 1.82) is 0 Å². The molecule has 3 heteroatoms. The summed E-state index contributed by atoms with van der Waals surface area (Å²) in [6.07, 6.45) is 5.11. The van der Waals surface area contributed by atoms with Gasteiger partial charge in [-0.2, -0.15) is 0 Å². The Hall–Kier alpha value is -0.990. The van der Waals surface area contributed by atoms with Crippen LogP contribution in [0.15, 0.2) is 12.8 Å². The highest BCUT2D eigenvalue weighted by molar-refractivity contribution is 5.78. The summed E-state index contributed by atoms with van der Waals surface area (Å²) in [5.74, 6) is 0.138. The van der Waals surface area contributed by atoms with Crippen LogP contribution in [0.5, 0.6) is 0 Å². The van der Waals surface area contributed by atoms with Crippen LogP contribution in [0.2, 0.25) is 0 Å². The Bertz CT molecular complexity index is 191. The molecule has 0 aromatic rings. The summed E-state index contributed by atoms with van der Waals surface area (Å²) in [6.45, 7) is 5.65. The Balaban J connectivity index is 2.43. The number of hydrogen-bond acceptors (Lipinski definition) is 2. The van der Waals surface area contributed by atoms with Gasteiger partial charge in [-0.3, -0.25) is 4.79 Å². The minimum Gasteiger partial charge on any atom is -0.497 e. The third kappa shape index (κ3) is 2.76. The predicted molar refractivity (Wildman–Crippen MR) is 51.1 cm³/mol. The van der Waals surface area contributed by atoms with Gasteiger partial charge in [0.2, 0.25) is 5.91 Å². The molecule has 0 aromatic carbocycles. The molecule has 1 aliphatic heterocycles. The van der Waals surface area contributed by atoms with Gasteiger partial charge in [-0.1, -0.05) is 19.9 Å². The van der Waals surface area contributed by atoms with Crippen LogP contribution in [0.4, 0.5) is 0 Å². The summed E-state index contributed by atoms with van der Waals surface area (Å²) in [4.78, 5) is 11.0. The Morgan fingerprint density at radius 3 is 3.08 bits per heavy atom. The van der Waals surface area contributed by atoms with Crippen molar-refractivity contribution < 1.29 is 9.53 Å². The molecule has 3 nitrogen and oxygen atoms in total. The lowest BCUT2D eigenvalue weighted by Gasteiger charge is -2.22. The van der Waals surface area contributed by atoms with Crippen LogP contribution in [0, 0.1) is 0 Å². The van der Waals surface area contributed by atoms with Crippen LogP contribution in [0.25, 0.3) is 0 Å². The molecule has 1 heterocycles. The Kier molecular flexibility index (Phi) is 3.80. The Morgan fingerprint density at radius 1 is 1.85 bits per heavy atom. The molecule has 0 saturated carbocycles. The van der Waals surface area contributed by atoms with E-state index in [0.29, 0.717) is 6.42 Å². The molecule has 2 atom stereocenters. The lowest BCUT2D eigenvalue weighted by Crippen LogP contribution is -2.37. The lowest BCUT2D eigenvalue weighted by molar-refractivity contribution is -0.119. The molecule has 0 aromatic heterocycles. The number of carbonyl (C=O) groups is 1. The van der Waals surface area contributed by atoms with Crippen LogP contribution >= 0.6 is 0 Å². The van der Waals surface area contributed by atoms with Gasteiger partial charge in [-0.25, -0.2) is 0 Å². The first-order valence-corrected chi connectivity index (χ1v) is 4.83. The minimum absolute atomic E-state index is 0.106. The first kappa shape index (κ1) is 10.1. The quantitative estimate of drug-likeness (QED) is 0.657. The zero-order valence-corrected chi connectivity index (χ0v) is 8.08. The molecule has 1 fully saturated rings. The maximum Gasteiger partial charge on any atom is 0.220 e. The highest BCUT2D eigenvalue weighted by atomic mass is 16.5. The molecular formula is C10H17NO2. The van der Waals surface area contributed by atoms with Gasteiger partial charge < -0.3 is 10.1 Å². The number of ether oxygens (including phenoxy) is 1. The third-order valence-electron chi connectivity index (χ3n) is 2.32. The van der Waals surface area contributed by atoms with E-state index in [1.54, 1.807) is 0 Å². The van der Waals surface area contributed by atoms with Crippen LogP contribution in [0.3, 0.4) is 0 Å². The molecule has 1 aliphatic rings. The van der Waals surface area contributed by atoms with E-state index in [2.05, 4.69) is 18.8 Å². The second-order valence-corrected chi connectivity index (χ2v) is 3.34. The van der Waals surface area contributed by atoms with E-state index < -0.39 is 0 Å². The van der Waals surface area contributed by atoms with E-state index in [4.69, 9.17) is 4.74 Å². The number of amides is 1. The summed E-state index contributed by atoms with van der Waals surface area (Å²) < 4.78 is 5.36. The van der Waals surface area contributed by atoms with Crippen LogP contribution < -0.4 is 5.32 Å². The fourth-order valence-corrected chi connectivity index (χ4v) is 1.69. The molecule has 0 aliphatic carbocycles. The molecule has 1 rings (SSSR count). The van der Waals surface area contributed by atoms with E-state index in [-0.39, 0.29) is 18.1 Å².